The van der Waals surface area contributed by atoms with Crippen molar-refractivity contribution in [1.82, 2.24) is 15.3 Å². The smallest absolute Gasteiger partial charge is 0.329 e. The number of amides is 1. The summed E-state index contributed by atoms with van der Waals surface area (Å²) in [4.78, 5) is 53.1. The van der Waals surface area contributed by atoms with Crippen LogP contribution in [0.3, 0.4) is 0 Å². The number of benzene rings is 2. The summed E-state index contributed by atoms with van der Waals surface area (Å²) in [6.07, 6.45) is 16.9. The lowest BCUT2D eigenvalue weighted by molar-refractivity contribution is -0.143. The van der Waals surface area contributed by atoms with Gasteiger partial charge in [-0.3, -0.25) is 14.4 Å². The molecule has 354 valence electrons. The third kappa shape index (κ3) is 24.1. The maximum Gasteiger partial charge on any atom is 0.329 e. The molecule has 0 saturated heterocycles. The number of rotatable bonds is 38. The van der Waals surface area contributed by atoms with Crippen molar-refractivity contribution < 1.29 is 65.9 Å². The number of Topliss-reactive ketones (excluding diaryl/α,β-unsaturated/α-hetero) is 1. The van der Waals surface area contributed by atoms with Crippen LogP contribution in [-0.2, 0) is 49.8 Å². The van der Waals surface area contributed by atoms with Crippen molar-refractivity contribution in [3.8, 4) is 11.5 Å². The van der Waals surface area contributed by atoms with Crippen LogP contribution in [0.5, 0.6) is 11.5 Å². The minimum absolute atomic E-state index is 0.0675. The van der Waals surface area contributed by atoms with Gasteiger partial charge in [0, 0.05) is 38.4 Å². The first-order valence-electron chi connectivity index (χ1n) is 21.9. The second kappa shape index (κ2) is 31.7. The summed E-state index contributed by atoms with van der Waals surface area (Å²) in [5.41, 5.74) is 0.662. The quantitative estimate of drug-likeness (QED) is 0.0418. The number of carbonyl (C=O) groups is 4. The molecule has 0 aliphatic rings. The molecule has 1 heterocycles. The molecule has 19 heteroatoms. The van der Waals surface area contributed by atoms with Gasteiger partial charge in [0.2, 0.25) is 5.95 Å². The molecular formula is C45H63FN4O13S. The molecule has 0 aliphatic heterocycles. The molecule has 0 fully saturated rings. The zero-order valence-corrected chi connectivity index (χ0v) is 37.3. The zero-order chi connectivity index (χ0) is 46.3. The first-order chi connectivity index (χ1) is 30.9. The molecule has 0 radical (unpaired) electrons. The van der Waals surface area contributed by atoms with Gasteiger partial charge in [0.1, 0.15) is 30.5 Å². The second-order valence-corrected chi connectivity index (χ2v) is 16.7. The lowest BCUT2D eigenvalue weighted by atomic mass is 10.0. The minimum atomic E-state index is -4.09. The Labute approximate surface area is 374 Å². The Morgan fingerprint density at radius 3 is 1.80 bits per heavy atom. The van der Waals surface area contributed by atoms with E-state index in [1.165, 1.54) is 74.5 Å². The van der Waals surface area contributed by atoms with Gasteiger partial charge < -0.3 is 39.2 Å². The van der Waals surface area contributed by atoms with Gasteiger partial charge >= 0.3 is 11.9 Å². The van der Waals surface area contributed by atoms with E-state index in [1.807, 2.05) is 0 Å². The summed E-state index contributed by atoms with van der Waals surface area (Å²) in [7, 11) is -4.09. The maximum atomic E-state index is 14.6. The van der Waals surface area contributed by atoms with E-state index in [0.717, 1.165) is 51.4 Å². The van der Waals surface area contributed by atoms with Crippen molar-refractivity contribution in [2.75, 3.05) is 64.1 Å². The van der Waals surface area contributed by atoms with Crippen LogP contribution < -0.4 is 14.8 Å². The predicted octanol–water partition coefficient (Wildman–Crippen LogP) is 7.14. The Kier molecular flexibility index (Phi) is 26.4. The van der Waals surface area contributed by atoms with E-state index in [1.54, 1.807) is 6.07 Å². The number of hydrogen-bond acceptors (Lipinski definition) is 13. The summed E-state index contributed by atoms with van der Waals surface area (Å²) in [6, 6.07) is 10.3. The van der Waals surface area contributed by atoms with Gasteiger partial charge in [-0.25, -0.2) is 32.3 Å². The van der Waals surface area contributed by atoms with E-state index in [2.05, 4.69) is 20.0 Å². The average molecular weight is 919 g/mol. The Morgan fingerprint density at radius 2 is 1.17 bits per heavy atom. The second-order valence-electron chi connectivity index (χ2n) is 15.0. The van der Waals surface area contributed by atoms with E-state index in [4.69, 9.17) is 33.9 Å². The average Bonchev–Trinajstić information content (AvgIpc) is 3.26. The number of unbranched alkanes of at least 4 members (excludes halogenated alkanes) is 11. The van der Waals surface area contributed by atoms with Gasteiger partial charge in [-0.1, -0.05) is 64.2 Å². The van der Waals surface area contributed by atoms with Crippen LogP contribution in [0.2, 0.25) is 0 Å². The number of aromatic nitrogens is 2. The van der Waals surface area contributed by atoms with Gasteiger partial charge in [-0.05, 0) is 73.7 Å². The summed E-state index contributed by atoms with van der Waals surface area (Å²) >= 11 is 0. The Morgan fingerprint density at radius 1 is 0.609 bits per heavy atom. The molecule has 0 bridgehead atoms. The summed E-state index contributed by atoms with van der Waals surface area (Å²) in [6.45, 7) is 1.03. The molecule has 0 saturated carbocycles. The fraction of sp³-hybridized carbons (Fsp3) is 0.556. The van der Waals surface area contributed by atoms with E-state index in [0.29, 0.717) is 36.5 Å². The number of carbonyl (C=O) groups excluding carboxylic acids is 2. The number of aryl methyl sites for hydroxylation is 1. The number of sulfonamides is 1. The van der Waals surface area contributed by atoms with Crippen LogP contribution in [0.25, 0.3) is 0 Å². The molecule has 3 rings (SSSR count). The highest BCUT2D eigenvalue weighted by atomic mass is 32.2. The first kappa shape index (κ1) is 53.3. The zero-order valence-electron chi connectivity index (χ0n) is 36.4. The van der Waals surface area contributed by atoms with Crippen LogP contribution in [0.1, 0.15) is 112 Å². The maximum absolute atomic E-state index is 14.6. The van der Waals surface area contributed by atoms with Gasteiger partial charge in [-0.2, -0.15) is 0 Å². The fourth-order valence-electron chi connectivity index (χ4n) is 6.23. The van der Waals surface area contributed by atoms with Crippen molar-refractivity contribution >= 4 is 39.6 Å². The topological polar surface area (TPSA) is 239 Å². The highest BCUT2D eigenvalue weighted by Gasteiger charge is 2.17. The van der Waals surface area contributed by atoms with Gasteiger partial charge in [0.25, 0.3) is 15.9 Å². The first-order valence-corrected chi connectivity index (χ1v) is 23.4. The molecular weight excluding hydrogens is 856 g/mol. The highest BCUT2D eigenvalue weighted by molar-refractivity contribution is 7.92. The van der Waals surface area contributed by atoms with Crippen LogP contribution in [0, 0.1) is 5.82 Å². The summed E-state index contributed by atoms with van der Waals surface area (Å²) in [5, 5.41) is 19.8. The van der Waals surface area contributed by atoms with Gasteiger partial charge in [-0.15, -0.1) is 0 Å². The predicted molar refractivity (Wildman–Crippen MR) is 235 cm³/mol. The lowest BCUT2D eigenvalue weighted by Crippen LogP contribution is -2.28. The molecule has 2 aromatic carbocycles. The summed E-state index contributed by atoms with van der Waals surface area (Å²) < 4.78 is 69.7. The SMILES string of the molecule is O=C(O)CCCCCCCCCCCCCCc1cc(Oc2ccc(S(=O)(=O)Nc3ncc(C(=O)NCCOCCOCC(=O)CCCOCCOCC(=O)O)cn3)cc2)ccc1F. The van der Waals surface area contributed by atoms with Crippen molar-refractivity contribution in [1.29, 1.82) is 0 Å². The van der Waals surface area contributed by atoms with E-state index < -0.39 is 27.9 Å². The number of ether oxygens (including phenoxy) is 5. The molecule has 0 aliphatic carbocycles. The molecule has 0 spiro atoms. The molecule has 64 heavy (non-hydrogen) atoms. The third-order valence-corrected chi connectivity index (χ3v) is 11.0. The standard InChI is InChI=1S/C45H63FN4O13S/c46-41-22-19-39(30-35(41)14-11-9-7-5-3-1-2-4-6-8-10-12-16-42(52)53)63-38-17-20-40(21-18-38)64(57,58)50-45-48-31-36(32-49-45)44(56)47-23-25-60-27-28-61-33-37(51)15-13-24-59-26-29-62-34-43(54)55/h17-22,30-32H,1-16,23-29,33-34H2,(H,47,56)(H,52,53)(H,54,55)(H,48,49,50). The molecule has 17 nitrogen and oxygen atoms in total. The van der Waals surface area contributed by atoms with Crippen LogP contribution in [-0.4, -0.2) is 112 Å². The van der Waals surface area contributed by atoms with E-state index in [9.17, 15) is 32.0 Å². The molecule has 0 atom stereocenters. The molecule has 1 aromatic heterocycles. The van der Waals surface area contributed by atoms with Gasteiger partial charge in [0.05, 0.1) is 43.5 Å². The minimum Gasteiger partial charge on any atom is -0.481 e. The number of ketones is 1. The normalized spacial score (nSPS) is 11.3. The van der Waals surface area contributed by atoms with Crippen molar-refractivity contribution in [3.05, 3.63) is 71.8 Å². The number of hydrogen-bond donors (Lipinski definition) is 4. The fourth-order valence-corrected chi connectivity index (χ4v) is 7.19. The number of carboxylic acid groups (broad SMARTS) is 2. The number of carboxylic acids is 2. The summed E-state index contributed by atoms with van der Waals surface area (Å²) in [5.74, 6) is -2.09. The molecule has 0 unspecified atom stereocenters. The van der Waals surface area contributed by atoms with E-state index >= 15 is 0 Å². The number of halogens is 1. The molecule has 4 N–H and O–H groups in total. The van der Waals surface area contributed by atoms with Crippen LogP contribution in [0.15, 0.2) is 59.8 Å². The largest absolute Gasteiger partial charge is 0.481 e. The third-order valence-electron chi connectivity index (χ3n) is 9.62. The van der Waals surface area contributed by atoms with E-state index in [-0.39, 0.29) is 93.6 Å². The lowest BCUT2D eigenvalue weighted by Gasteiger charge is -2.11. The Hall–Kier alpha value is -5.08. The number of nitrogens with one attached hydrogen (secondary N) is 2. The van der Waals surface area contributed by atoms with Crippen LogP contribution in [0.4, 0.5) is 10.3 Å². The number of aliphatic carboxylic acids is 2. The van der Waals surface area contributed by atoms with Crippen molar-refractivity contribution in [3.63, 3.8) is 0 Å². The van der Waals surface area contributed by atoms with Crippen molar-refractivity contribution in [2.24, 2.45) is 0 Å². The highest BCUT2D eigenvalue weighted by Crippen LogP contribution is 2.26. The van der Waals surface area contributed by atoms with Crippen molar-refractivity contribution in [2.45, 2.75) is 108 Å². The molecule has 1 amide bonds. The monoisotopic (exact) mass is 918 g/mol. The Bertz CT molecular complexity index is 1940. The number of anilines is 1. The molecule has 3 aromatic rings. The Balaban J connectivity index is 1.26. The van der Waals surface area contributed by atoms with Gasteiger partial charge in [0.15, 0.2) is 5.78 Å². The van der Waals surface area contributed by atoms with Crippen LogP contribution >= 0.6 is 0 Å². The number of nitrogens with zero attached hydrogens (tertiary/aromatic N) is 2.